The minimum Gasteiger partial charge on any atom is -0.204 e. The number of halogens is 2. The number of hydrogen-bond acceptors (Lipinski definition) is 0. The van der Waals surface area contributed by atoms with E-state index in [1.54, 1.807) is 6.07 Å². The van der Waals surface area contributed by atoms with Crippen molar-refractivity contribution in [3.05, 3.63) is 82.9 Å². The average Bonchev–Trinajstić information content (AvgIpc) is 2.68. The number of aryl methyl sites for hydroxylation is 1. The van der Waals surface area contributed by atoms with E-state index in [1.807, 2.05) is 12.1 Å². The molecule has 0 nitrogen and oxygen atoms in total. The van der Waals surface area contributed by atoms with Gasteiger partial charge in [-0.2, -0.15) is 0 Å². The molecule has 27 heavy (non-hydrogen) atoms. The predicted octanol–water partition coefficient (Wildman–Crippen LogP) is 6.75. The first-order chi connectivity index (χ1) is 13.1. The van der Waals surface area contributed by atoms with Crippen molar-refractivity contribution in [2.45, 2.75) is 38.5 Å². The van der Waals surface area contributed by atoms with Gasteiger partial charge in [0.1, 0.15) is 0 Å². The van der Waals surface area contributed by atoms with Gasteiger partial charge in [-0.3, -0.25) is 0 Å². The summed E-state index contributed by atoms with van der Waals surface area (Å²) in [6, 6.07) is 16.9. The van der Waals surface area contributed by atoms with Gasteiger partial charge in [-0.15, -0.1) is 0 Å². The van der Waals surface area contributed by atoms with Crippen LogP contribution in [0.5, 0.6) is 0 Å². The lowest BCUT2D eigenvalue weighted by Crippen LogP contribution is -2.12. The van der Waals surface area contributed by atoms with E-state index < -0.39 is 11.6 Å². The van der Waals surface area contributed by atoms with Crippen molar-refractivity contribution in [2.24, 2.45) is 5.92 Å². The predicted molar refractivity (Wildman–Crippen MR) is 107 cm³/mol. The number of fused-ring (bicyclic) bond motifs is 1. The zero-order valence-electron chi connectivity index (χ0n) is 15.4. The molecule has 0 bridgehead atoms. The monoisotopic (exact) mass is 360 g/mol. The first-order valence-corrected chi connectivity index (χ1v) is 9.55. The molecule has 0 spiro atoms. The molecule has 0 radical (unpaired) electrons. The van der Waals surface area contributed by atoms with Crippen molar-refractivity contribution < 1.29 is 8.78 Å². The van der Waals surface area contributed by atoms with Gasteiger partial charge in [0.15, 0.2) is 11.6 Å². The first-order valence-electron chi connectivity index (χ1n) is 9.55. The van der Waals surface area contributed by atoms with Crippen molar-refractivity contribution in [1.29, 1.82) is 0 Å². The second kappa shape index (κ2) is 7.53. The Bertz CT molecular complexity index is 1010. The third kappa shape index (κ3) is 4.03. The highest BCUT2D eigenvalue weighted by Crippen LogP contribution is 2.35. The first kappa shape index (κ1) is 17.7. The Morgan fingerprint density at radius 2 is 1.44 bits per heavy atom. The van der Waals surface area contributed by atoms with Gasteiger partial charge >= 0.3 is 0 Å². The largest absolute Gasteiger partial charge is 0.204 e. The highest BCUT2D eigenvalue weighted by molar-refractivity contribution is 5.84. The smallest absolute Gasteiger partial charge is 0.159 e. The maximum atomic E-state index is 13.4. The van der Waals surface area contributed by atoms with Crippen molar-refractivity contribution in [3.63, 3.8) is 0 Å². The molecule has 0 atom stereocenters. The summed E-state index contributed by atoms with van der Waals surface area (Å²) in [4.78, 5) is 0. The van der Waals surface area contributed by atoms with Crippen molar-refractivity contribution in [1.82, 2.24) is 0 Å². The highest BCUT2D eigenvalue weighted by Gasteiger charge is 2.21. The van der Waals surface area contributed by atoms with E-state index in [1.165, 1.54) is 36.1 Å². The molecule has 0 unspecified atom stereocenters. The highest BCUT2D eigenvalue weighted by atomic mass is 19.2. The quantitative estimate of drug-likeness (QED) is 0.421. The van der Waals surface area contributed by atoms with Crippen LogP contribution in [0.3, 0.4) is 0 Å². The van der Waals surface area contributed by atoms with E-state index >= 15 is 0 Å². The fraction of sp³-hybridized carbons (Fsp3) is 0.280. The summed E-state index contributed by atoms with van der Waals surface area (Å²) < 4.78 is 26.8. The van der Waals surface area contributed by atoms with Gasteiger partial charge in [0.25, 0.3) is 0 Å². The molecule has 4 rings (SSSR count). The van der Waals surface area contributed by atoms with Crippen LogP contribution in [0.1, 0.15) is 48.3 Å². The molecule has 0 N–H and O–H groups in total. The average molecular weight is 360 g/mol. The van der Waals surface area contributed by atoms with E-state index in [0.717, 1.165) is 18.4 Å². The Kier molecular flexibility index (Phi) is 4.94. The van der Waals surface area contributed by atoms with Crippen LogP contribution in [0.15, 0.2) is 54.6 Å². The molecule has 3 aromatic carbocycles. The molecule has 0 aliphatic heterocycles. The molecule has 1 aliphatic rings. The van der Waals surface area contributed by atoms with E-state index in [2.05, 4.69) is 43.0 Å². The lowest BCUT2D eigenvalue weighted by atomic mass is 9.79. The van der Waals surface area contributed by atoms with Gasteiger partial charge in [-0.1, -0.05) is 47.7 Å². The van der Waals surface area contributed by atoms with E-state index in [0.29, 0.717) is 22.6 Å². The molecule has 1 aliphatic carbocycles. The van der Waals surface area contributed by atoms with E-state index in [4.69, 9.17) is 0 Å². The summed E-state index contributed by atoms with van der Waals surface area (Å²) in [5.41, 5.74) is 3.60. The lowest BCUT2D eigenvalue weighted by Gasteiger charge is -2.26. The molecule has 0 amide bonds. The molecule has 3 aromatic rings. The summed E-state index contributed by atoms with van der Waals surface area (Å²) in [7, 11) is 0. The third-order valence-corrected chi connectivity index (χ3v) is 5.58. The standard InChI is InChI=1S/C25H22F2/c1-17-2-9-20(10-3-17)21-11-6-18(7-12-21)4-5-19-8-13-22-15-24(26)25(27)16-23(22)14-19/h2-3,8-10,13-16,18,21H,6-7,11-12H2,1H3. The molecule has 0 saturated heterocycles. The van der Waals surface area contributed by atoms with Crippen LogP contribution in [0, 0.1) is 36.3 Å². The Morgan fingerprint density at radius 1 is 0.778 bits per heavy atom. The molecule has 1 fully saturated rings. The zero-order chi connectivity index (χ0) is 18.8. The fourth-order valence-electron chi connectivity index (χ4n) is 3.91. The van der Waals surface area contributed by atoms with Crippen molar-refractivity contribution >= 4 is 10.8 Å². The minimum atomic E-state index is -0.818. The Morgan fingerprint density at radius 3 is 2.15 bits per heavy atom. The molecule has 136 valence electrons. The summed E-state index contributed by atoms with van der Waals surface area (Å²) in [6.07, 6.45) is 4.56. The van der Waals surface area contributed by atoms with Gasteiger partial charge in [-0.25, -0.2) is 8.78 Å². The van der Waals surface area contributed by atoms with Gasteiger partial charge in [0, 0.05) is 11.5 Å². The number of hydrogen-bond donors (Lipinski definition) is 0. The molecule has 0 aromatic heterocycles. The van der Waals surface area contributed by atoms with Crippen LogP contribution < -0.4 is 0 Å². The molecule has 2 heteroatoms. The SMILES string of the molecule is Cc1ccc(C2CCC(C#Cc3ccc4cc(F)c(F)cc4c3)CC2)cc1. The normalized spacial score (nSPS) is 19.5. The van der Waals surface area contributed by atoms with Crippen LogP contribution in [0.2, 0.25) is 0 Å². The summed E-state index contributed by atoms with van der Waals surface area (Å²) in [5, 5.41) is 1.38. The zero-order valence-corrected chi connectivity index (χ0v) is 15.4. The van der Waals surface area contributed by atoms with Crippen LogP contribution in [-0.2, 0) is 0 Å². The van der Waals surface area contributed by atoms with Crippen molar-refractivity contribution in [3.8, 4) is 11.8 Å². The molecular weight excluding hydrogens is 338 g/mol. The topological polar surface area (TPSA) is 0 Å². The second-order valence-electron chi connectivity index (χ2n) is 7.56. The van der Waals surface area contributed by atoms with Gasteiger partial charge in [0.05, 0.1) is 0 Å². The van der Waals surface area contributed by atoms with Crippen LogP contribution in [-0.4, -0.2) is 0 Å². The van der Waals surface area contributed by atoms with Gasteiger partial charge in [-0.05, 0) is 79.1 Å². The maximum absolute atomic E-state index is 13.4. The Hall–Kier alpha value is -2.66. The van der Waals surface area contributed by atoms with Crippen LogP contribution in [0.4, 0.5) is 8.78 Å². The number of rotatable bonds is 1. The lowest BCUT2D eigenvalue weighted by molar-refractivity contribution is 0.384. The number of benzene rings is 3. The Balaban J connectivity index is 1.44. The van der Waals surface area contributed by atoms with Gasteiger partial charge in [0.2, 0.25) is 0 Å². The van der Waals surface area contributed by atoms with Crippen LogP contribution >= 0.6 is 0 Å². The molecule has 0 heterocycles. The third-order valence-electron chi connectivity index (χ3n) is 5.58. The second-order valence-corrected chi connectivity index (χ2v) is 7.56. The van der Waals surface area contributed by atoms with E-state index in [9.17, 15) is 8.78 Å². The van der Waals surface area contributed by atoms with E-state index in [-0.39, 0.29) is 0 Å². The summed E-state index contributed by atoms with van der Waals surface area (Å²) >= 11 is 0. The Labute approximate surface area is 159 Å². The summed E-state index contributed by atoms with van der Waals surface area (Å²) in [5.74, 6) is 6.05. The summed E-state index contributed by atoms with van der Waals surface area (Å²) in [6.45, 7) is 2.12. The van der Waals surface area contributed by atoms with Gasteiger partial charge < -0.3 is 0 Å². The van der Waals surface area contributed by atoms with Crippen LogP contribution in [0.25, 0.3) is 10.8 Å². The maximum Gasteiger partial charge on any atom is 0.159 e. The molecular formula is C25H22F2. The fourth-order valence-corrected chi connectivity index (χ4v) is 3.91. The van der Waals surface area contributed by atoms with Crippen molar-refractivity contribution in [2.75, 3.05) is 0 Å². The minimum absolute atomic E-state index is 0.410. The molecule has 1 saturated carbocycles.